The first kappa shape index (κ1) is 21.8. The van der Waals surface area contributed by atoms with Crippen LogP contribution in [0.5, 0.6) is 11.5 Å². The van der Waals surface area contributed by atoms with Gasteiger partial charge in [0.15, 0.2) is 5.11 Å². The molecule has 0 aliphatic heterocycles. The summed E-state index contributed by atoms with van der Waals surface area (Å²) >= 11 is 12.0. The van der Waals surface area contributed by atoms with E-state index < -0.39 is 0 Å². The normalized spacial score (nSPS) is 10.4. The van der Waals surface area contributed by atoms with Crippen molar-refractivity contribution in [3.63, 3.8) is 0 Å². The van der Waals surface area contributed by atoms with Gasteiger partial charge in [0, 0.05) is 11.3 Å². The molecule has 0 radical (unpaired) electrons. The molecule has 0 aromatic heterocycles. The van der Waals surface area contributed by atoms with Crippen LogP contribution in [-0.4, -0.2) is 11.0 Å². The molecule has 154 valence electrons. The van der Waals surface area contributed by atoms with E-state index in [2.05, 4.69) is 10.6 Å². The number of benzene rings is 3. The lowest BCUT2D eigenvalue weighted by atomic mass is 10.1. The van der Waals surface area contributed by atoms with Crippen molar-refractivity contribution in [3.05, 3.63) is 87.4 Å². The van der Waals surface area contributed by atoms with Gasteiger partial charge in [-0.3, -0.25) is 10.1 Å². The van der Waals surface area contributed by atoms with E-state index in [1.165, 1.54) is 0 Å². The van der Waals surface area contributed by atoms with Crippen LogP contribution in [-0.2, 0) is 0 Å². The number of carbonyl (C=O) groups is 1. The summed E-state index contributed by atoms with van der Waals surface area (Å²) in [5.41, 5.74) is 4.82. The quantitative estimate of drug-likeness (QED) is 0.457. The van der Waals surface area contributed by atoms with Gasteiger partial charge in [0.2, 0.25) is 0 Å². The summed E-state index contributed by atoms with van der Waals surface area (Å²) in [7, 11) is 0. The number of halogens is 1. The number of thiocarbonyl (C=S) groups is 1. The lowest BCUT2D eigenvalue weighted by Gasteiger charge is -2.18. The molecule has 6 heteroatoms. The molecule has 0 saturated carbocycles. The molecule has 0 spiro atoms. The van der Waals surface area contributed by atoms with E-state index in [9.17, 15) is 4.79 Å². The second-order valence-electron chi connectivity index (χ2n) is 7.10. The average molecular weight is 439 g/mol. The number of nitrogens with one attached hydrogen (secondary N) is 2. The van der Waals surface area contributed by atoms with Gasteiger partial charge >= 0.3 is 0 Å². The average Bonchev–Trinajstić information content (AvgIpc) is 2.70. The molecule has 3 rings (SSSR count). The van der Waals surface area contributed by atoms with Crippen molar-refractivity contribution in [2.24, 2.45) is 0 Å². The minimum absolute atomic E-state index is 0.203. The molecule has 0 heterocycles. The number of carbonyl (C=O) groups excluding carboxylic acids is 1. The van der Waals surface area contributed by atoms with Crippen molar-refractivity contribution in [1.29, 1.82) is 0 Å². The SMILES string of the molecule is Cc1ccccc1Oc1c(C)cc(NC(=S)NC(=O)c2ccccc2C)c(C)c1Cl. The lowest BCUT2D eigenvalue weighted by molar-refractivity contribution is 0.0977. The van der Waals surface area contributed by atoms with E-state index in [-0.39, 0.29) is 11.0 Å². The van der Waals surface area contributed by atoms with E-state index in [0.29, 0.717) is 22.0 Å². The van der Waals surface area contributed by atoms with Crippen LogP contribution in [0, 0.1) is 27.7 Å². The summed E-state index contributed by atoms with van der Waals surface area (Å²) in [4.78, 5) is 12.5. The molecule has 0 fully saturated rings. The zero-order valence-corrected chi connectivity index (χ0v) is 18.9. The predicted molar refractivity (Wildman–Crippen MR) is 127 cm³/mol. The Morgan fingerprint density at radius 3 is 2.23 bits per heavy atom. The van der Waals surface area contributed by atoms with Crippen molar-refractivity contribution in [2.75, 3.05) is 5.32 Å². The van der Waals surface area contributed by atoms with Gasteiger partial charge in [-0.25, -0.2) is 0 Å². The molecule has 3 aromatic rings. The van der Waals surface area contributed by atoms with E-state index >= 15 is 0 Å². The van der Waals surface area contributed by atoms with Gasteiger partial charge in [-0.1, -0.05) is 48.0 Å². The Morgan fingerprint density at radius 2 is 1.57 bits per heavy atom. The number of aryl methyl sites for hydroxylation is 3. The smallest absolute Gasteiger partial charge is 0.257 e. The van der Waals surface area contributed by atoms with Gasteiger partial charge in [-0.05, 0) is 80.4 Å². The van der Waals surface area contributed by atoms with E-state index in [1.54, 1.807) is 6.07 Å². The topological polar surface area (TPSA) is 50.4 Å². The highest BCUT2D eigenvalue weighted by Crippen LogP contribution is 2.39. The second-order valence-corrected chi connectivity index (χ2v) is 7.89. The summed E-state index contributed by atoms with van der Waals surface area (Å²) < 4.78 is 6.08. The van der Waals surface area contributed by atoms with Crippen LogP contribution >= 0.6 is 23.8 Å². The molecule has 0 bridgehead atoms. The van der Waals surface area contributed by atoms with Crippen molar-refractivity contribution in [1.82, 2.24) is 5.32 Å². The first-order valence-corrected chi connectivity index (χ1v) is 10.3. The molecule has 4 nitrogen and oxygen atoms in total. The molecule has 0 saturated heterocycles. The number of ether oxygens (including phenoxy) is 1. The Bertz CT molecular complexity index is 1130. The van der Waals surface area contributed by atoms with Crippen molar-refractivity contribution in [3.8, 4) is 11.5 Å². The van der Waals surface area contributed by atoms with E-state index in [1.807, 2.05) is 76.2 Å². The molecule has 0 unspecified atom stereocenters. The Balaban J connectivity index is 1.78. The molecule has 3 aromatic carbocycles. The maximum absolute atomic E-state index is 12.5. The standard InChI is InChI=1S/C24H23ClN2O2S/c1-14-9-5-7-11-18(14)23(28)27-24(30)26-19-13-16(3)22(21(25)17(19)4)29-20-12-8-6-10-15(20)2/h5-13H,1-4H3,(H2,26,27,28,30). The van der Waals surface area contributed by atoms with Crippen molar-refractivity contribution >= 4 is 40.5 Å². The van der Waals surface area contributed by atoms with Crippen LogP contribution < -0.4 is 15.4 Å². The number of anilines is 1. The third-order valence-electron chi connectivity index (χ3n) is 4.82. The van der Waals surface area contributed by atoms with Gasteiger partial charge < -0.3 is 10.1 Å². The molecule has 2 N–H and O–H groups in total. The van der Waals surface area contributed by atoms with Crippen molar-refractivity contribution < 1.29 is 9.53 Å². The van der Waals surface area contributed by atoms with E-state index in [0.717, 1.165) is 28.0 Å². The van der Waals surface area contributed by atoms with Crippen LogP contribution in [0.4, 0.5) is 5.69 Å². The minimum atomic E-state index is -0.259. The third kappa shape index (κ3) is 4.81. The number of amides is 1. The van der Waals surface area contributed by atoms with Gasteiger partial charge in [-0.15, -0.1) is 0 Å². The van der Waals surface area contributed by atoms with Crippen LogP contribution in [0.2, 0.25) is 5.02 Å². The summed E-state index contributed by atoms with van der Waals surface area (Å²) in [5, 5.41) is 6.49. The van der Waals surface area contributed by atoms with Crippen LogP contribution in [0.3, 0.4) is 0 Å². The van der Waals surface area contributed by atoms with Crippen LogP contribution in [0.25, 0.3) is 0 Å². The number of rotatable bonds is 4. The van der Waals surface area contributed by atoms with Gasteiger partial charge in [-0.2, -0.15) is 0 Å². The molecule has 0 atom stereocenters. The fourth-order valence-corrected chi connectivity index (χ4v) is 3.53. The van der Waals surface area contributed by atoms with Gasteiger partial charge in [0.1, 0.15) is 11.5 Å². The molecular weight excluding hydrogens is 416 g/mol. The maximum atomic E-state index is 12.5. The Labute approximate surface area is 187 Å². The van der Waals surface area contributed by atoms with Crippen LogP contribution in [0.15, 0.2) is 54.6 Å². The Kier molecular flexibility index (Phi) is 6.75. The van der Waals surface area contributed by atoms with Crippen molar-refractivity contribution in [2.45, 2.75) is 27.7 Å². The van der Waals surface area contributed by atoms with Gasteiger partial charge in [0.05, 0.1) is 5.02 Å². The summed E-state index contributed by atoms with van der Waals surface area (Å²) in [6.45, 7) is 7.66. The summed E-state index contributed by atoms with van der Waals surface area (Å²) in [5.74, 6) is 1.10. The summed E-state index contributed by atoms with van der Waals surface area (Å²) in [6.07, 6.45) is 0. The molecule has 30 heavy (non-hydrogen) atoms. The zero-order chi connectivity index (χ0) is 21.8. The van der Waals surface area contributed by atoms with Gasteiger partial charge in [0.25, 0.3) is 5.91 Å². The predicted octanol–water partition coefficient (Wildman–Crippen LogP) is 6.49. The van der Waals surface area contributed by atoms with Crippen LogP contribution in [0.1, 0.15) is 32.6 Å². The first-order valence-electron chi connectivity index (χ1n) is 9.49. The highest BCUT2D eigenvalue weighted by Gasteiger charge is 2.17. The largest absolute Gasteiger partial charge is 0.455 e. The molecular formula is C24H23ClN2O2S. The maximum Gasteiger partial charge on any atom is 0.257 e. The zero-order valence-electron chi connectivity index (χ0n) is 17.3. The Hall–Kier alpha value is -2.89. The number of para-hydroxylation sites is 1. The lowest BCUT2D eigenvalue weighted by Crippen LogP contribution is -2.34. The second kappa shape index (κ2) is 9.28. The minimum Gasteiger partial charge on any atom is -0.455 e. The molecule has 0 aliphatic carbocycles. The molecule has 0 aliphatic rings. The van der Waals surface area contributed by atoms with E-state index in [4.69, 9.17) is 28.6 Å². The third-order valence-corrected chi connectivity index (χ3v) is 5.48. The fourth-order valence-electron chi connectivity index (χ4n) is 3.04. The first-order chi connectivity index (χ1) is 14.3. The number of hydrogen-bond acceptors (Lipinski definition) is 3. The highest BCUT2D eigenvalue weighted by molar-refractivity contribution is 7.80. The highest BCUT2D eigenvalue weighted by atomic mass is 35.5. The Morgan fingerprint density at radius 1 is 0.933 bits per heavy atom. The number of hydrogen-bond donors (Lipinski definition) is 2. The molecule has 1 amide bonds. The fraction of sp³-hybridized carbons (Fsp3) is 0.167. The monoisotopic (exact) mass is 438 g/mol. The summed E-state index contributed by atoms with van der Waals surface area (Å²) in [6, 6.07) is 17.0.